The van der Waals surface area contributed by atoms with Gasteiger partial charge in [-0.3, -0.25) is 24.0 Å². The molecule has 0 aliphatic carbocycles. The fourth-order valence-corrected chi connectivity index (χ4v) is 3.24. The summed E-state index contributed by atoms with van der Waals surface area (Å²) in [7, 11) is 0. The van der Waals surface area contributed by atoms with Gasteiger partial charge in [0.05, 0.1) is 0 Å². The van der Waals surface area contributed by atoms with Gasteiger partial charge in [-0.1, -0.05) is 49.0 Å². The van der Waals surface area contributed by atoms with Gasteiger partial charge in [0.1, 0.15) is 11.6 Å². The van der Waals surface area contributed by atoms with Crippen molar-refractivity contribution in [2.45, 2.75) is 93.9 Å². The largest absolute Gasteiger partial charge is 0.300 e. The van der Waals surface area contributed by atoms with Gasteiger partial charge >= 0.3 is 0 Å². The summed E-state index contributed by atoms with van der Waals surface area (Å²) >= 11 is 0. The number of nitrogens with zero attached hydrogens (tertiary/aromatic N) is 1. The van der Waals surface area contributed by atoms with Crippen LogP contribution in [-0.4, -0.2) is 34.2 Å². The van der Waals surface area contributed by atoms with E-state index in [4.69, 9.17) is 0 Å². The van der Waals surface area contributed by atoms with Gasteiger partial charge in [-0.15, -0.1) is 0 Å². The molecule has 0 radical (unpaired) electrons. The van der Waals surface area contributed by atoms with E-state index in [2.05, 4.69) is 0 Å². The lowest BCUT2D eigenvalue weighted by molar-refractivity contribution is -0.150. The van der Waals surface area contributed by atoms with Crippen molar-refractivity contribution in [3.8, 4) is 0 Å². The Morgan fingerprint density at radius 3 is 1.79 bits per heavy atom. The molecule has 1 saturated heterocycles. The molecule has 0 aromatic heterocycles. The van der Waals surface area contributed by atoms with E-state index >= 15 is 0 Å². The minimum absolute atomic E-state index is 0. The molecule has 1 unspecified atom stereocenters. The molecule has 3 amide bonds. The summed E-state index contributed by atoms with van der Waals surface area (Å²) in [6, 6.07) is 0. The molecule has 1 fully saturated rings. The zero-order valence-corrected chi connectivity index (χ0v) is 17.5. The first-order valence-electron chi connectivity index (χ1n) is 9.63. The van der Waals surface area contributed by atoms with Gasteiger partial charge in [-0.2, -0.15) is 0 Å². The van der Waals surface area contributed by atoms with Crippen LogP contribution in [0.25, 0.3) is 0 Å². The van der Waals surface area contributed by atoms with E-state index < -0.39 is 23.6 Å². The van der Waals surface area contributed by atoms with E-state index in [0.717, 1.165) is 0 Å². The lowest BCUT2D eigenvalue weighted by atomic mass is 9.87. The molecule has 6 nitrogen and oxygen atoms in total. The summed E-state index contributed by atoms with van der Waals surface area (Å²) in [6.45, 7) is 11.7. The van der Waals surface area contributed by atoms with Crippen molar-refractivity contribution in [3.05, 3.63) is 0 Å². The van der Waals surface area contributed by atoms with Crippen LogP contribution in [0.2, 0.25) is 0 Å². The van der Waals surface area contributed by atoms with Crippen LogP contribution < -0.4 is 0 Å². The van der Waals surface area contributed by atoms with Gasteiger partial charge in [0.25, 0.3) is 0 Å². The average molecular weight is 396 g/mol. The Labute approximate surface area is 169 Å². The number of ketones is 2. The van der Waals surface area contributed by atoms with E-state index in [9.17, 15) is 24.0 Å². The average Bonchev–Trinajstić information content (AvgIpc) is 2.73. The molecule has 0 aromatic rings. The Balaban J connectivity index is 0.00000729. The van der Waals surface area contributed by atoms with Crippen LogP contribution in [-0.2, 0) is 24.0 Å². The summed E-state index contributed by atoms with van der Waals surface area (Å²) in [5, 5.41) is 0. The quantitative estimate of drug-likeness (QED) is 0.577. The maximum absolute atomic E-state index is 12.4. The number of carbonyl (C=O) groups excluding carboxylic acids is 5. The normalized spacial score (nSPS) is 17.5. The fourth-order valence-electron chi connectivity index (χ4n) is 3.24. The molecule has 1 heterocycles. The number of likely N-dealkylation sites (tertiary alicyclic amines) is 1. The van der Waals surface area contributed by atoms with Crippen molar-refractivity contribution in [1.29, 1.82) is 0 Å². The highest BCUT2D eigenvalue weighted by Gasteiger charge is 2.42. The number of Topliss-reactive ketones (excluding diaryl/α,β-unsaturated/α-hetero) is 2. The number of hydrogen-bond donors (Lipinski definition) is 0. The minimum atomic E-state index is -0.615. The summed E-state index contributed by atoms with van der Waals surface area (Å²) in [4.78, 5) is 61.4. The van der Waals surface area contributed by atoms with Gasteiger partial charge < -0.3 is 0 Å². The summed E-state index contributed by atoms with van der Waals surface area (Å²) in [5.41, 5.74) is -0.279. The van der Waals surface area contributed by atoms with E-state index in [1.807, 2.05) is 41.5 Å². The van der Waals surface area contributed by atoms with Crippen LogP contribution in [0.15, 0.2) is 0 Å². The molecule has 0 saturated carbocycles. The lowest BCUT2D eigenvalue weighted by Gasteiger charge is -2.18. The molecular formula is C22H37NO5. The second-order valence-corrected chi connectivity index (χ2v) is 9.95. The van der Waals surface area contributed by atoms with Gasteiger partial charge in [0, 0.05) is 44.4 Å². The van der Waals surface area contributed by atoms with Gasteiger partial charge in [0.2, 0.25) is 17.7 Å². The van der Waals surface area contributed by atoms with Crippen molar-refractivity contribution < 1.29 is 24.0 Å². The SMILES string of the molecule is C.CC(C)(C)CC(=O)CCC(=O)N1C(=O)CC(CCC(=O)CC(C)(C)C)C1=O. The third kappa shape index (κ3) is 8.89. The van der Waals surface area contributed by atoms with Crippen LogP contribution in [0.4, 0.5) is 0 Å². The Bertz CT molecular complexity index is 622. The minimum Gasteiger partial charge on any atom is -0.300 e. The molecule has 0 bridgehead atoms. The monoisotopic (exact) mass is 395 g/mol. The second-order valence-electron chi connectivity index (χ2n) is 9.95. The predicted octanol–water partition coefficient (Wildman–Crippen LogP) is 4.10. The molecule has 160 valence electrons. The molecule has 0 N–H and O–H groups in total. The first kappa shape index (κ1) is 26.1. The first-order valence-corrected chi connectivity index (χ1v) is 9.63. The number of amides is 3. The van der Waals surface area contributed by atoms with Crippen molar-refractivity contribution in [2.24, 2.45) is 16.7 Å². The number of hydrogen-bond acceptors (Lipinski definition) is 5. The third-order valence-corrected chi connectivity index (χ3v) is 4.33. The number of rotatable bonds is 8. The van der Waals surface area contributed by atoms with Crippen LogP contribution in [0.3, 0.4) is 0 Å². The molecular weight excluding hydrogens is 358 g/mol. The zero-order valence-electron chi connectivity index (χ0n) is 17.5. The number of carbonyl (C=O) groups is 5. The third-order valence-electron chi connectivity index (χ3n) is 4.33. The van der Waals surface area contributed by atoms with Gasteiger partial charge in [0.15, 0.2) is 0 Å². The maximum Gasteiger partial charge on any atom is 0.239 e. The van der Waals surface area contributed by atoms with Crippen LogP contribution in [0.5, 0.6) is 0 Å². The van der Waals surface area contributed by atoms with Crippen molar-refractivity contribution in [1.82, 2.24) is 4.90 Å². The first-order chi connectivity index (χ1) is 12.2. The van der Waals surface area contributed by atoms with E-state index in [-0.39, 0.29) is 61.9 Å². The summed E-state index contributed by atoms with van der Waals surface area (Å²) < 4.78 is 0. The fraction of sp³-hybridized carbons (Fsp3) is 0.773. The van der Waals surface area contributed by atoms with Crippen molar-refractivity contribution >= 4 is 29.3 Å². The molecule has 6 heteroatoms. The maximum atomic E-state index is 12.4. The Morgan fingerprint density at radius 1 is 0.857 bits per heavy atom. The molecule has 1 aliphatic rings. The van der Waals surface area contributed by atoms with Crippen LogP contribution >= 0.6 is 0 Å². The Hall–Kier alpha value is -1.85. The van der Waals surface area contributed by atoms with E-state index in [1.54, 1.807) is 0 Å². The van der Waals surface area contributed by atoms with Crippen molar-refractivity contribution in [2.75, 3.05) is 0 Å². The second kappa shape index (κ2) is 10.1. The Kier molecular flexibility index (Phi) is 9.41. The van der Waals surface area contributed by atoms with E-state index in [1.165, 1.54) is 0 Å². The van der Waals surface area contributed by atoms with Gasteiger partial charge in [-0.25, -0.2) is 4.90 Å². The van der Waals surface area contributed by atoms with Crippen LogP contribution in [0.1, 0.15) is 93.9 Å². The summed E-state index contributed by atoms with van der Waals surface area (Å²) in [6.07, 6.45) is 1.13. The molecule has 28 heavy (non-hydrogen) atoms. The topological polar surface area (TPSA) is 88.6 Å². The summed E-state index contributed by atoms with van der Waals surface area (Å²) in [5.74, 6) is -2.29. The lowest BCUT2D eigenvalue weighted by Crippen LogP contribution is -2.37. The molecule has 1 aliphatic heterocycles. The highest BCUT2D eigenvalue weighted by Crippen LogP contribution is 2.27. The smallest absolute Gasteiger partial charge is 0.239 e. The number of imide groups is 3. The molecule has 1 rings (SSSR count). The molecule has 1 atom stereocenters. The zero-order chi connectivity index (χ0) is 21.0. The van der Waals surface area contributed by atoms with Gasteiger partial charge in [-0.05, 0) is 17.3 Å². The Morgan fingerprint density at radius 2 is 1.32 bits per heavy atom. The standard InChI is InChI=1S/C21H33NO5.CH4/c1-20(2,3)12-15(23)8-7-14-11-18(26)22(19(14)27)17(25)10-9-16(24)13-21(4,5)6;/h14H,7-13H2,1-6H3;1H4. The highest BCUT2D eigenvalue weighted by atomic mass is 16.2. The molecule has 0 aromatic carbocycles. The van der Waals surface area contributed by atoms with E-state index in [0.29, 0.717) is 17.7 Å². The highest BCUT2D eigenvalue weighted by molar-refractivity contribution is 6.16. The predicted molar refractivity (Wildman–Crippen MR) is 108 cm³/mol. The molecule has 0 spiro atoms. The van der Waals surface area contributed by atoms with Crippen molar-refractivity contribution in [3.63, 3.8) is 0 Å². The van der Waals surface area contributed by atoms with Crippen LogP contribution in [0, 0.1) is 16.7 Å².